The summed E-state index contributed by atoms with van der Waals surface area (Å²) in [6, 6.07) is 0. The molecule has 0 heterocycles. The fourth-order valence-corrected chi connectivity index (χ4v) is 8.49. The molecule has 0 nitrogen and oxygen atoms in total. The van der Waals surface area contributed by atoms with E-state index < -0.39 is 0 Å². The molecule has 8 atom stereocenters. The van der Waals surface area contributed by atoms with Crippen molar-refractivity contribution >= 4 is 0 Å². The predicted octanol–water partition coefficient (Wildman–Crippen LogP) is 8.93. The van der Waals surface area contributed by atoms with Gasteiger partial charge in [-0.15, -0.1) is 0 Å². The molecule has 0 saturated heterocycles. The van der Waals surface area contributed by atoms with Crippen LogP contribution in [-0.4, -0.2) is 0 Å². The number of hydrogen-bond donors (Lipinski definition) is 0. The third-order valence-electron chi connectivity index (χ3n) is 11.6. The maximum absolute atomic E-state index is 2.46. The summed E-state index contributed by atoms with van der Waals surface area (Å²) in [7, 11) is 0. The topological polar surface area (TPSA) is 0 Å². The molecule has 9 rings (SSSR count). The zero-order chi connectivity index (χ0) is 22.1. The molecule has 0 aliphatic heterocycles. The Hall–Kier alpha value is -0.520. The highest BCUT2D eigenvalue weighted by Gasteiger charge is 2.53. The van der Waals surface area contributed by atoms with E-state index in [9.17, 15) is 0 Å². The molecule has 170 valence electrons. The molecular weight excluding hydrogens is 360 g/mol. The molecule has 0 aromatic rings. The smallest absolute Gasteiger partial charge is 0.0149 e. The van der Waals surface area contributed by atoms with Crippen LogP contribution in [0, 0.1) is 63.6 Å². The highest BCUT2D eigenvalue weighted by atomic mass is 14.6. The SMILES string of the molecule is CC1=CCC2CC1C2(C)C.CC1C=CC2CC1C2(C)C.CC1CCC2CC1C2(C)C. The number of rotatable bonds is 0. The summed E-state index contributed by atoms with van der Waals surface area (Å²) in [4.78, 5) is 0. The first-order valence-corrected chi connectivity index (χ1v) is 13.2. The van der Waals surface area contributed by atoms with Crippen LogP contribution < -0.4 is 0 Å². The minimum atomic E-state index is 0.619. The van der Waals surface area contributed by atoms with Crippen molar-refractivity contribution < 1.29 is 0 Å². The Morgan fingerprint density at radius 3 is 1.73 bits per heavy atom. The van der Waals surface area contributed by atoms with Gasteiger partial charge in [-0.2, -0.15) is 0 Å². The maximum Gasteiger partial charge on any atom is -0.0149 e. The van der Waals surface area contributed by atoms with Gasteiger partial charge in [0.15, 0.2) is 0 Å². The van der Waals surface area contributed by atoms with Gasteiger partial charge in [0.05, 0.1) is 0 Å². The number of hydrogen-bond acceptors (Lipinski definition) is 0. The first-order valence-electron chi connectivity index (χ1n) is 13.2. The van der Waals surface area contributed by atoms with E-state index in [0.717, 1.165) is 47.3 Å². The summed E-state index contributed by atoms with van der Waals surface area (Å²) in [6.07, 6.45) is 16.0. The van der Waals surface area contributed by atoms with Gasteiger partial charge in [0.25, 0.3) is 0 Å². The van der Waals surface area contributed by atoms with E-state index in [4.69, 9.17) is 0 Å². The van der Waals surface area contributed by atoms with E-state index in [-0.39, 0.29) is 0 Å². The fraction of sp³-hybridized carbons (Fsp3) is 0.867. The van der Waals surface area contributed by atoms with Crippen LogP contribution in [0.5, 0.6) is 0 Å². The summed E-state index contributed by atoms with van der Waals surface area (Å²) in [5.74, 6) is 7.78. The molecule has 5 saturated carbocycles. The van der Waals surface area contributed by atoms with Crippen LogP contribution in [0.3, 0.4) is 0 Å². The lowest BCUT2D eigenvalue weighted by Crippen LogP contribution is -2.51. The average Bonchev–Trinajstić information content (AvgIpc) is 2.68. The van der Waals surface area contributed by atoms with Gasteiger partial charge in [0.1, 0.15) is 0 Å². The summed E-state index contributed by atoms with van der Waals surface area (Å²) in [6.45, 7) is 21.6. The van der Waals surface area contributed by atoms with E-state index >= 15 is 0 Å². The van der Waals surface area contributed by atoms with Gasteiger partial charge in [0, 0.05) is 0 Å². The van der Waals surface area contributed by atoms with Crippen LogP contribution in [0.1, 0.15) is 101 Å². The third kappa shape index (κ3) is 3.47. The maximum atomic E-state index is 2.46. The standard InChI is InChI=1S/C10H18.2C10H16/c3*1-7-4-5-8-6-9(7)10(8,2)3/h7-9H,4-6H2,1-3H3;4,8-9H,5-6H2,1-3H3;4-5,7-9H,6H2,1-3H3. The lowest BCUT2D eigenvalue weighted by molar-refractivity contribution is -0.0988. The first kappa shape index (κ1) is 22.7. The van der Waals surface area contributed by atoms with Crippen molar-refractivity contribution in [3.05, 3.63) is 23.8 Å². The minimum Gasteiger partial charge on any atom is -0.0851 e. The quantitative estimate of drug-likeness (QED) is 0.350. The number of allylic oxidation sites excluding steroid dienone is 4. The Kier molecular flexibility index (Phi) is 5.68. The predicted molar refractivity (Wildman–Crippen MR) is 131 cm³/mol. The second-order valence-corrected chi connectivity index (χ2v) is 13.9. The molecule has 0 aromatic heterocycles. The Morgan fingerprint density at radius 1 is 0.733 bits per heavy atom. The van der Waals surface area contributed by atoms with E-state index in [1.165, 1.54) is 38.5 Å². The van der Waals surface area contributed by atoms with Gasteiger partial charge >= 0.3 is 0 Å². The zero-order valence-corrected chi connectivity index (χ0v) is 21.6. The van der Waals surface area contributed by atoms with Gasteiger partial charge in [-0.1, -0.05) is 85.6 Å². The Balaban J connectivity index is 0.000000109. The van der Waals surface area contributed by atoms with Crippen molar-refractivity contribution in [1.29, 1.82) is 0 Å². The van der Waals surface area contributed by atoms with Gasteiger partial charge in [0.2, 0.25) is 0 Å². The van der Waals surface area contributed by atoms with Crippen LogP contribution in [0.25, 0.3) is 0 Å². The van der Waals surface area contributed by atoms with Crippen LogP contribution in [-0.2, 0) is 0 Å². The van der Waals surface area contributed by atoms with Crippen molar-refractivity contribution in [2.24, 2.45) is 63.6 Å². The average molecular weight is 411 g/mol. The largest absolute Gasteiger partial charge is 0.0851 e. The molecule has 0 N–H and O–H groups in total. The molecule has 0 spiro atoms. The van der Waals surface area contributed by atoms with E-state index in [0.29, 0.717) is 16.2 Å². The normalized spacial score (nSPS) is 46.9. The summed E-state index contributed by atoms with van der Waals surface area (Å²) in [5, 5.41) is 0. The molecule has 30 heavy (non-hydrogen) atoms. The summed E-state index contributed by atoms with van der Waals surface area (Å²) < 4.78 is 0. The van der Waals surface area contributed by atoms with Gasteiger partial charge < -0.3 is 0 Å². The van der Waals surface area contributed by atoms with E-state index in [2.05, 4.69) is 80.5 Å². The van der Waals surface area contributed by atoms with Crippen LogP contribution >= 0.6 is 0 Å². The van der Waals surface area contributed by atoms with E-state index in [1.807, 2.05) is 0 Å². The fourth-order valence-electron chi connectivity index (χ4n) is 8.49. The minimum absolute atomic E-state index is 0.619. The van der Waals surface area contributed by atoms with Crippen molar-refractivity contribution in [3.63, 3.8) is 0 Å². The second-order valence-electron chi connectivity index (χ2n) is 13.9. The van der Waals surface area contributed by atoms with Crippen LogP contribution in [0.4, 0.5) is 0 Å². The van der Waals surface area contributed by atoms with Crippen LogP contribution in [0.15, 0.2) is 23.8 Å². The monoisotopic (exact) mass is 410 g/mol. The Bertz CT molecular complexity index is 698. The zero-order valence-electron chi connectivity index (χ0n) is 21.6. The van der Waals surface area contributed by atoms with Crippen molar-refractivity contribution in [2.75, 3.05) is 0 Å². The molecular formula is C30H50. The Labute approximate surface area is 188 Å². The van der Waals surface area contributed by atoms with E-state index in [1.54, 1.807) is 5.57 Å². The lowest BCUT2D eigenvalue weighted by Gasteiger charge is -2.59. The molecule has 8 unspecified atom stereocenters. The van der Waals surface area contributed by atoms with Crippen molar-refractivity contribution in [1.82, 2.24) is 0 Å². The van der Waals surface area contributed by atoms with Gasteiger partial charge in [-0.3, -0.25) is 0 Å². The van der Waals surface area contributed by atoms with Crippen molar-refractivity contribution in [2.45, 2.75) is 101 Å². The highest BCUT2D eigenvalue weighted by molar-refractivity contribution is 5.21. The summed E-state index contributed by atoms with van der Waals surface area (Å²) in [5.41, 5.74) is 3.61. The first-order chi connectivity index (χ1) is 13.9. The lowest BCUT2D eigenvalue weighted by atomic mass is 9.46. The molecule has 0 heteroatoms. The van der Waals surface area contributed by atoms with Gasteiger partial charge in [-0.05, 0) is 103 Å². The molecule has 9 aliphatic carbocycles. The number of fused-ring (bicyclic) bond motifs is 4. The van der Waals surface area contributed by atoms with Crippen LogP contribution in [0.2, 0.25) is 0 Å². The molecule has 5 fully saturated rings. The molecule has 0 aromatic carbocycles. The molecule has 0 radical (unpaired) electrons. The highest BCUT2D eigenvalue weighted by Crippen LogP contribution is 2.61. The van der Waals surface area contributed by atoms with Crippen molar-refractivity contribution in [3.8, 4) is 0 Å². The Morgan fingerprint density at radius 2 is 1.43 bits per heavy atom. The third-order valence-corrected chi connectivity index (χ3v) is 11.6. The summed E-state index contributed by atoms with van der Waals surface area (Å²) >= 11 is 0. The molecule has 6 bridgehead atoms. The van der Waals surface area contributed by atoms with Gasteiger partial charge in [-0.25, -0.2) is 0 Å². The second kappa shape index (κ2) is 7.52. The molecule has 0 amide bonds. The molecule has 9 aliphatic rings.